The van der Waals surface area contributed by atoms with Crippen LogP contribution in [0.15, 0.2) is 36.4 Å². The molecule has 9 heteroatoms. The number of H-pyrrole nitrogens is 1. The number of aryl methyl sites for hydroxylation is 1. The summed E-state index contributed by atoms with van der Waals surface area (Å²) in [5, 5.41) is 8.83. The Morgan fingerprint density at radius 2 is 1.96 bits per heavy atom. The van der Waals surface area contributed by atoms with Crippen LogP contribution in [0.3, 0.4) is 0 Å². The first-order valence-electron chi connectivity index (χ1n) is 7.23. The Bertz CT molecular complexity index is 798. The van der Waals surface area contributed by atoms with E-state index in [-0.39, 0.29) is 10.8 Å². The molecule has 0 saturated heterocycles. The zero-order valence-corrected chi connectivity index (χ0v) is 14.4. The maximum Gasteiger partial charge on any atom is 0.290 e. The number of thiocarbonyl (C=S) groups is 1. The van der Waals surface area contributed by atoms with Crippen LogP contribution < -0.4 is 20.9 Å². The third kappa shape index (κ3) is 5.74. The lowest BCUT2D eigenvalue weighted by Crippen LogP contribution is -2.48. The van der Waals surface area contributed by atoms with Crippen molar-refractivity contribution in [3.8, 4) is 5.75 Å². The summed E-state index contributed by atoms with van der Waals surface area (Å²) >= 11 is 4.93. The van der Waals surface area contributed by atoms with Gasteiger partial charge in [-0.3, -0.25) is 30.9 Å². The number of nitrogens with one attached hydrogen (secondary N) is 4. The fourth-order valence-electron chi connectivity index (χ4n) is 1.78. The highest BCUT2D eigenvalue weighted by Gasteiger charge is 2.09. The third-order valence-corrected chi connectivity index (χ3v) is 3.21. The number of carbonyl (C=O) groups excluding carboxylic acids is 2. The van der Waals surface area contributed by atoms with E-state index in [0.717, 1.165) is 17.0 Å². The van der Waals surface area contributed by atoms with Gasteiger partial charge in [-0.1, -0.05) is 12.1 Å². The molecule has 0 aliphatic rings. The summed E-state index contributed by atoms with van der Waals surface area (Å²) in [7, 11) is 1.58. The van der Waals surface area contributed by atoms with E-state index in [1.54, 1.807) is 38.3 Å². The molecule has 1 aromatic heterocycles. The molecule has 0 aliphatic heterocycles. The number of aromatic nitrogens is 2. The highest BCUT2D eigenvalue weighted by molar-refractivity contribution is 7.80. The van der Waals surface area contributed by atoms with Gasteiger partial charge in [0.05, 0.1) is 7.11 Å². The number of rotatable bonds is 4. The molecule has 8 nitrogen and oxygen atoms in total. The predicted octanol–water partition coefficient (Wildman–Crippen LogP) is 1.08. The smallest absolute Gasteiger partial charge is 0.290 e. The number of hydrazine groups is 1. The molecule has 1 aromatic carbocycles. The Labute approximate surface area is 149 Å². The van der Waals surface area contributed by atoms with E-state index in [9.17, 15) is 9.59 Å². The van der Waals surface area contributed by atoms with Crippen LogP contribution in [0.2, 0.25) is 0 Å². The summed E-state index contributed by atoms with van der Waals surface area (Å²) in [5.41, 5.74) is 6.56. The monoisotopic (exact) mass is 359 g/mol. The molecule has 2 rings (SSSR count). The molecule has 130 valence electrons. The summed E-state index contributed by atoms with van der Waals surface area (Å²) in [6.45, 7) is 1.78. The molecule has 0 radical (unpaired) electrons. The van der Waals surface area contributed by atoms with E-state index in [1.807, 2.05) is 12.1 Å². The van der Waals surface area contributed by atoms with Crippen LogP contribution in [0.1, 0.15) is 21.7 Å². The third-order valence-electron chi connectivity index (χ3n) is 3.01. The second-order valence-corrected chi connectivity index (χ2v) is 5.35. The Morgan fingerprint density at radius 1 is 1.24 bits per heavy atom. The van der Waals surface area contributed by atoms with Gasteiger partial charge in [0, 0.05) is 11.8 Å². The molecular weight excluding hydrogens is 342 g/mol. The molecule has 4 N–H and O–H groups in total. The standard InChI is InChI=1S/C16H17N5O3S/c1-10-9-13(19-18-10)15(23)20-21-16(25)17-14(22)8-5-11-3-6-12(24-2)7-4-11/h3-9H,1-2H3,(H,18,19)(H,20,23)(H2,17,21,22,25). The molecule has 2 amide bonds. The lowest BCUT2D eigenvalue weighted by atomic mass is 10.2. The number of benzene rings is 1. The van der Waals surface area contributed by atoms with Crippen molar-refractivity contribution in [2.24, 2.45) is 0 Å². The fourth-order valence-corrected chi connectivity index (χ4v) is 1.94. The highest BCUT2D eigenvalue weighted by Crippen LogP contribution is 2.12. The summed E-state index contributed by atoms with van der Waals surface area (Å²) in [6, 6.07) is 8.78. The predicted molar refractivity (Wildman–Crippen MR) is 96.7 cm³/mol. The Balaban J connectivity index is 1.78. The molecule has 0 aliphatic carbocycles. The fraction of sp³-hybridized carbons (Fsp3) is 0.125. The summed E-state index contributed by atoms with van der Waals surface area (Å²) < 4.78 is 5.06. The Morgan fingerprint density at radius 3 is 2.56 bits per heavy atom. The van der Waals surface area contributed by atoms with Crippen molar-refractivity contribution in [3.63, 3.8) is 0 Å². The number of nitrogens with zero attached hydrogens (tertiary/aromatic N) is 1. The SMILES string of the molecule is COc1ccc(C=CC(=O)NC(=S)NNC(=O)c2cc(C)[nH]n2)cc1. The summed E-state index contributed by atoms with van der Waals surface area (Å²) in [4.78, 5) is 23.5. The average Bonchev–Trinajstić information content (AvgIpc) is 3.05. The zero-order valence-electron chi connectivity index (χ0n) is 13.6. The van der Waals surface area contributed by atoms with E-state index in [4.69, 9.17) is 17.0 Å². The topological polar surface area (TPSA) is 108 Å². The van der Waals surface area contributed by atoms with Gasteiger partial charge in [0.2, 0.25) is 5.91 Å². The van der Waals surface area contributed by atoms with Crippen molar-refractivity contribution in [2.75, 3.05) is 7.11 Å². The van der Waals surface area contributed by atoms with Crippen molar-refractivity contribution in [3.05, 3.63) is 53.4 Å². The summed E-state index contributed by atoms with van der Waals surface area (Å²) in [6.07, 6.45) is 2.96. The van der Waals surface area contributed by atoms with Gasteiger partial charge in [0.1, 0.15) is 5.75 Å². The van der Waals surface area contributed by atoms with E-state index < -0.39 is 11.8 Å². The van der Waals surface area contributed by atoms with Gasteiger partial charge in [0.25, 0.3) is 5.91 Å². The number of aromatic amines is 1. The van der Waals surface area contributed by atoms with Gasteiger partial charge in [-0.15, -0.1) is 0 Å². The highest BCUT2D eigenvalue weighted by atomic mass is 32.1. The first kappa shape index (κ1) is 18.1. The number of carbonyl (C=O) groups is 2. The lowest BCUT2D eigenvalue weighted by Gasteiger charge is -2.08. The maximum atomic E-state index is 11.8. The molecular formula is C16H17N5O3S. The van der Waals surface area contributed by atoms with E-state index in [0.29, 0.717) is 0 Å². The van der Waals surface area contributed by atoms with E-state index in [2.05, 4.69) is 26.4 Å². The average molecular weight is 359 g/mol. The summed E-state index contributed by atoms with van der Waals surface area (Å²) in [5.74, 6) is -0.178. The van der Waals surface area contributed by atoms with Gasteiger partial charge in [0.15, 0.2) is 10.8 Å². The molecule has 0 fully saturated rings. The Hall–Kier alpha value is -3.20. The molecule has 0 spiro atoms. The molecule has 0 saturated carbocycles. The van der Waals surface area contributed by atoms with Crippen LogP contribution >= 0.6 is 12.2 Å². The van der Waals surface area contributed by atoms with Crippen LogP contribution in [0.4, 0.5) is 0 Å². The van der Waals surface area contributed by atoms with Crippen molar-refractivity contribution in [1.29, 1.82) is 0 Å². The quantitative estimate of drug-likeness (QED) is 0.370. The van der Waals surface area contributed by atoms with Crippen molar-refractivity contribution in [2.45, 2.75) is 6.92 Å². The van der Waals surface area contributed by atoms with Crippen molar-refractivity contribution >= 4 is 35.2 Å². The van der Waals surface area contributed by atoms with Crippen LogP contribution in [0.5, 0.6) is 5.75 Å². The largest absolute Gasteiger partial charge is 0.497 e. The van der Waals surface area contributed by atoms with E-state index in [1.165, 1.54) is 6.08 Å². The van der Waals surface area contributed by atoms with Gasteiger partial charge in [-0.25, -0.2) is 0 Å². The van der Waals surface area contributed by atoms with Crippen LogP contribution in [-0.2, 0) is 4.79 Å². The minimum absolute atomic E-state index is 0.0370. The number of hydrogen-bond donors (Lipinski definition) is 4. The first-order chi connectivity index (χ1) is 12.0. The van der Waals surface area contributed by atoms with Gasteiger partial charge in [-0.05, 0) is 49.0 Å². The van der Waals surface area contributed by atoms with Crippen LogP contribution in [0, 0.1) is 6.92 Å². The molecule has 0 bridgehead atoms. The zero-order chi connectivity index (χ0) is 18.2. The second-order valence-electron chi connectivity index (χ2n) is 4.94. The molecule has 0 atom stereocenters. The molecule has 2 aromatic rings. The molecule has 1 heterocycles. The Kier molecular flexibility index (Phi) is 6.24. The van der Waals surface area contributed by atoms with Crippen molar-refractivity contribution in [1.82, 2.24) is 26.4 Å². The normalized spacial score (nSPS) is 10.3. The minimum atomic E-state index is -0.477. The van der Waals surface area contributed by atoms with Gasteiger partial charge in [-0.2, -0.15) is 5.10 Å². The minimum Gasteiger partial charge on any atom is -0.497 e. The molecule has 0 unspecified atom stereocenters. The van der Waals surface area contributed by atoms with Crippen LogP contribution in [0.25, 0.3) is 6.08 Å². The lowest BCUT2D eigenvalue weighted by molar-refractivity contribution is -0.115. The second kappa shape index (κ2) is 8.60. The van der Waals surface area contributed by atoms with E-state index >= 15 is 0 Å². The van der Waals surface area contributed by atoms with Gasteiger partial charge < -0.3 is 4.74 Å². The molecule has 25 heavy (non-hydrogen) atoms. The van der Waals surface area contributed by atoms with Crippen molar-refractivity contribution < 1.29 is 14.3 Å². The number of ether oxygens (including phenoxy) is 1. The maximum absolute atomic E-state index is 11.8. The van der Waals surface area contributed by atoms with Gasteiger partial charge >= 0.3 is 0 Å². The number of methoxy groups -OCH3 is 1. The number of amides is 2. The van der Waals surface area contributed by atoms with Crippen LogP contribution in [-0.4, -0.2) is 34.2 Å². The number of hydrogen-bond acceptors (Lipinski definition) is 5. The first-order valence-corrected chi connectivity index (χ1v) is 7.64.